The Kier molecular flexibility index (Phi) is 7.97. The molecule has 2 amide bonds. The zero-order valence-electron chi connectivity index (χ0n) is 19.8. The van der Waals surface area contributed by atoms with Gasteiger partial charge < -0.3 is 19.7 Å². The molecule has 35 heavy (non-hydrogen) atoms. The summed E-state index contributed by atoms with van der Waals surface area (Å²) in [5.41, 5.74) is 0.651. The molecule has 2 aromatic carbocycles. The quantitative estimate of drug-likeness (QED) is 0.552. The van der Waals surface area contributed by atoms with Gasteiger partial charge in [0.15, 0.2) is 19.0 Å². The number of rotatable bonds is 9. The van der Waals surface area contributed by atoms with Gasteiger partial charge in [-0.15, -0.1) is 0 Å². The number of carbonyl (C=O) groups is 3. The van der Waals surface area contributed by atoms with E-state index in [9.17, 15) is 18.8 Å². The normalized spacial score (nSPS) is 16.7. The van der Waals surface area contributed by atoms with Gasteiger partial charge in [-0.3, -0.25) is 19.3 Å². The third-order valence-electron chi connectivity index (χ3n) is 6.27. The second kappa shape index (κ2) is 11.3. The summed E-state index contributed by atoms with van der Waals surface area (Å²) < 4.78 is 24.3. The fourth-order valence-corrected chi connectivity index (χ4v) is 4.34. The van der Waals surface area contributed by atoms with Crippen molar-refractivity contribution in [2.45, 2.75) is 32.2 Å². The van der Waals surface area contributed by atoms with Gasteiger partial charge in [-0.25, -0.2) is 4.39 Å². The second-order valence-corrected chi connectivity index (χ2v) is 8.77. The van der Waals surface area contributed by atoms with Crippen molar-refractivity contribution >= 4 is 23.3 Å². The molecule has 2 aliphatic heterocycles. The summed E-state index contributed by atoms with van der Waals surface area (Å²) in [6.07, 6.45) is 3.61. The van der Waals surface area contributed by atoms with Crippen LogP contribution in [0.4, 0.5) is 10.1 Å². The van der Waals surface area contributed by atoms with Crippen molar-refractivity contribution in [1.82, 2.24) is 10.2 Å². The highest BCUT2D eigenvalue weighted by Gasteiger charge is 2.33. The average molecular weight is 484 g/mol. The highest BCUT2D eigenvalue weighted by molar-refractivity contribution is 6.05. The number of nitrogens with zero attached hydrogens (tertiary/aromatic N) is 2. The molecule has 0 radical (unpaired) electrons. The van der Waals surface area contributed by atoms with Crippen molar-refractivity contribution in [2.75, 3.05) is 44.3 Å². The molecule has 1 atom stereocenters. The molecule has 1 unspecified atom stereocenters. The van der Waals surface area contributed by atoms with Gasteiger partial charge in [0.05, 0.1) is 5.69 Å². The van der Waals surface area contributed by atoms with Crippen LogP contribution >= 0.6 is 0 Å². The number of anilines is 1. The number of ether oxygens (including phenoxy) is 2. The molecule has 0 aromatic heterocycles. The standard InChI is InChI=1S/C26H30FN3O5/c1-18(26(33)28-10-13-29-11-3-2-4-12-29)30-22-14-19(8-9-24(22)35-17-25(30)32)23(31)16-34-21-7-5-6-20(27)15-21/h5-9,14-15,18H,2-4,10-13,16-17H2,1H3,(H,28,33). The fourth-order valence-electron chi connectivity index (χ4n) is 4.34. The van der Waals surface area contributed by atoms with Crippen molar-refractivity contribution in [3.8, 4) is 11.5 Å². The molecule has 1 saturated heterocycles. The van der Waals surface area contributed by atoms with Gasteiger partial charge >= 0.3 is 0 Å². The number of fused-ring (bicyclic) bond motifs is 1. The van der Waals surface area contributed by atoms with Crippen LogP contribution in [0.1, 0.15) is 36.5 Å². The maximum absolute atomic E-state index is 13.3. The molecule has 0 spiro atoms. The minimum atomic E-state index is -0.777. The van der Waals surface area contributed by atoms with Gasteiger partial charge in [-0.1, -0.05) is 12.5 Å². The van der Waals surface area contributed by atoms with Crippen molar-refractivity contribution in [3.05, 3.63) is 53.8 Å². The van der Waals surface area contributed by atoms with E-state index in [2.05, 4.69) is 10.2 Å². The maximum atomic E-state index is 13.3. The van der Waals surface area contributed by atoms with Crippen molar-refractivity contribution in [2.24, 2.45) is 0 Å². The molecule has 9 heteroatoms. The summed E-state index contributed by atoms with van der Waals surface area (Å²) in [6, 6.07) is 9.46. The Hall–Kier alpha value is -3.46. The van der Waals surface area contributed by atoms with Crippen LogP contribution in [-0.4, -0.2) is 67.9 Å². The van der Waals surface area contributed by atoms with Crippen LogP contribution in [0.25, 0.3) is 0 Å². The highest BCUT2D eigenvalue weighted by Crippen LogP contribution is 2.34. The molecule has 1 fully saturated rings. The number of halogens is 1. The van der Waals surface area contributed by atoms with E-state index in [0.717, 1.165) is 19.6 Å². The van der Waals surface area contributed by atoms with Gasteiger partial charge in [0.1, 0.15) is 23.4 Å². The molecule has 2 heterocycles. The molecule has 2 aromatic rings. The first-order valence-corrected chi connectivity index (χ1v) is 11.9. The van der Waals surface area contributed by atoms with Crippen LogP contribution in [-0.2, 0) is 9.59 Å². The van der Waals surface area contributed by atoms with Crippen molar-refractivity contribution in [3.63, 3.8) is 0 Å². The zero-order chi connectivity index (χ0) is 24.8. The lowest BCUT2D eigenvalue weighted by atomic mass is 10.1. The number of benzene rings is 2. The van der Waals surface area contributed by atoms with Crippen LogP contribution < -0.4 is 19.7 Å². The lowest BCUT2D eigenvalue weighted by Crippen LogP contribution is -2.52. The summed E-state index contributed by atoms with van der Waals surface area (Å²) in [6.45, 7) is 4.53. The number of amides is 2. The van der Waals surface area contributed by atoms with E-state index in [4.69, 9.17) is 9.47 Å². The summed E-state index contributed by atoms with van der Waals surface area (Å²) in [5, 5.41) is 2.93. The second-order valence-electron chi connectivity index (χ2n) is 8.77. The minimum Gasteiger partial charge on any atom is -0.485 e. The number of piperidine rings is 1. The van der Waals surface area contributed by atoms with Gasteiger partial charge in [0, 0.05) is 24.7 Å². The number of hydrogen-bond acceptors (Lipinski definition) is 6. The third kappa shape index (κ3) is 6.16. The number of carbonyl (C=O) groups excluding carboxylic acids is 3. The molecule has 0 aliphatic carbocycles. The summed E-state index contributed by atoms with van der Waals surface area (Å²) in [5.74, 6) is -0.787. The summed E-state index contributed by atoms with van der Waals surface area (Å²) in [7, 11) is 0. The van der Waals surface area contributed by atoms with E-state index in [1.54, 1.807) is 25.1 Å². The van der Waals surface area contributed by atoms with Gasteiger partial charge in [0.2, 0.25) is 5.91 Å². The fraction of sp³-hybridized carbons (Fsp3) is 0.423. The van der Waals surface area contributed by atoms with Crippen LogP contribution in [0, 0.1) is 5.82 Å². The molecule has 4 rings (SSSR count). The minimum absolute atomic E-state index is 0.186. The molecule has 8 nitrogen and oxygen atoms in total. The van der Waals surface area contributed by atoms with Gasteiger partial charge in [-0.05, 0) is 63.2 Å². The first-order chi connectivity index (χ1) is 16.9. The maximum Gasteiger partial charge on any atom is 0.265 e. The van der Waals surface area contributed by atoms with E-state index >= 15 is 0 Å². The largest absolute Gasteiger partial charge is 0.485 e. The van der Waals surface area contributed by atoms with E-state index in [-0.39, 0.29) is 36.6 Å². The monoisotopic (exact) mass is 483 g/mol. The number of likely N-dealkylation sites (tertiary alicyclic amines) is 1. The Labute approximate surface area is 204 Å². The van der Waals surface area contributed by atoms with Gasteiger partial charge in [0.25, 0.3) is 5.91 Å². The van der Waals surface area contributed by atoms with Crippen LogP contribution in [0.3, 0.4) is 0 Å². The molecular weight excluding hydrogens is 453 g/mol. The summed E-state index contributed by atoms with van der Waals surface area (Å²) >= 11 is 0. The van der Waals surface area contributed by atoms with E-state index in [1.807, 2.05) is 0 Å². The molecule has 1 N–H and O–H groups in total. The Bertz CT molecular complexity index is 1090. The first kappa shape index (κ1) is 24.7. The molecule has 186 valence electrons. The highest BCUT2D eigenvalue weighted by atomic mass is 19.1. The van der Waals surface area contributed by atoms with Crippen LogP contribution in [0.5, 0.6) is 11.5 Å². The lowest BCUT2D eigenvalue weighted by Gasteiger charge is -2.34. The van der Waals surface area contributed by atoms with E-state index in [0.29, 0.717) is 23.5 Å². The van der Waals surface area contributed by atoms with E-state index < -0.39 is 11.9 Å². The summed E-state index contributed by atoms with van der Waals surface area (Å²) in [4.78, 5) is 42.0. The van der Waals surface area contributed by atoms with Crippen molar-refractivity contribution in [1.29, 1.82) is 0 Å². The molecule has 0 saturated carbocycles. The smallest absolute Gasteiger partial charge is 0.265 e. The van der Waals surface area contributed by atoms with Crippen molar-refractivity contribution < 1.29 is 28.2 Å². The predicted octanol–water partition coefficient (Wildman–Crippen LogP) is 2.80. The Balaban J connectivity index is 1.41. The number of ketones is 1. The lowest BCUT2D eigenvalue weighted by molar-refractivity contribution is -0.127. The third-order valence-corrected chi connectivity index (χ3v) is 6.27. The molecule has 2 aliphatic rings. The average Bonchev–Trinajstić information content (AvgIpc) is 2.87. The predicted molar refractivity (Wildman–Crippen MR) is 128 cm³/mol. The molecule has 0 bridgehead atoms. The number of hydrogen-bond donors (Lipinski definition) is 1. The number of Topliss-reactive ketones (excluding diaryl/α,β-unsaturated/α-hetero) is 1. The first-order valence-electron chi connectivity index (χ1n) is 11.9. The van der Waals surface area contributed by atoms with Crippen LogP contribution in [0.2, 0.25) is 0 Å². The SMILES string of the molecule is CC(C(=O)NCCN1CCCCC1)N1C(=O)COc2ccc(C(=O)COc3cccc(F)c3)cc21. The Morgan fingerprint density at radius 3 is 2.71 bits per heavy atom. The topological polar surface area (TPSA) is 88.2 Å². The Morgan fingerprint density at radius 2 is 1.94 bits per heavy atom. The zero-order valence-corrected chi connectivity index (χ0v) is 19.8. The van der Waals surface area contributed by atoms with Gasteiger partial charge in [-0.2, -0.15) is 0 Å². The van der Waals surface area contributed by atoms with Crippen LogP contribution in [0.15, 0.2) is 42.5 Å². The number of nitrogens with one attached hydrogen (secondary N) is 1. The Morgan fingerprint density at radius 1 is 1.14 bits per heavy atom. The van der Waals surface area contributed by atoms with E-state index in [1.165, 1.54) is 48.4 Å². The molecular formula is C26H30FN3O5.